The van der Waals surface area contributed by atoms with Crippen LogP contribution >= 0.6 is 0 Å². The summed E-state index contributed by atoms with van der Waals surface area (Å²) in [6.07, 6.45) is 1.36. The molecule has 7 nitrogen and oxygen atoms in total. The lowest BCUT2D eigenvalue weighted by Crippen LogP contribution is -2.55. The summed E-state index contributed by atoms with van der Waals surface area (Å²) < 4.78 is 1.85. The fourth-order valence-corrected chi connectivity index (χ4v) is 5.31. The SMILES string of the molecule is Cc1cccc(NC(=O)[C@H](Cc2ccccc2)NC(=O)N2C[C@@H]3C[C@@H](C2)c2cccc(=O)n2C3)c1. The van der Waals surface area contributed by atoms with Gasteiger partial charge in [-0.15, -0.1) is 0 Å². The number of aromatic nitrogens is 1. The number of likely N-dealkylation sites (tertiary alicyclic amines) is 1. The summed E-state index contributed by atoms with van der Waals surface area (Å²) in [4.78, 5) is 40.8. The van der Waals surface area contributed by atoms with Gasteiger partial charge in [0.05, 0.1) is 0 Å². The lowest BCUT2D eigenvalue weighted by atomic mass is 9.83. The number of anilines is 1. The van der Waals surface area contributed by atoms with E-state index in [1.54, 1.807) is 17.0 Å². The summed E-state index contributed by atoms with van der Waals surface area (Å²) in [5.74, 6) is 0.0959. The van der Waals surface area contributed by atoms with Gasteiger partial charge in [-0.25, -0.2) is 4.79 Å². The molecule has 35 heavy (non-hydrogen) atoms. The van der Waals surface area contributed by atoms with E-state index >= 15 is 0 Å². The van der Waals surface area contributed by atoms with Crippen LogP contribution in [0.1, 0.15) is 29.2 Å². The smallest absolute Gasteiger partial charge is 0.318 e. The van der Waals surface area contributed by atoms with Crippen molar-refractivity contribution in [3.63, 3.8) is 0 Å². The Hall–Kier alpha value is -3.87. The number of fused-ring (bicyclic) bond motifs is 4. The molecule has 1 saturated heterocycles. The van der Waals surface area contributed by atoms with Crippen molar-refractivity contribution in [3.8, 4) is 0 Å². The zero-order chi connectivity index (χ0) is 24.4. The molecular weight excluding hydrogens is 440 g/mol. The Kier molecular flexibility index (Phi) is 6.40. The lowest BCUT2D eigenvalue weighted by molar-refractivity contribution is -0.118. The van der Waals surface area contributed by atoms with E-state index in [1.807, 2.05) is 72.2 Å². The van der Waals surface area contributed by atoms with Crippen molar-refractivity contribution in [2.24, 2.45) is 5.92 Å². The van der Waals surface area contributed by atoms with Crippen LogP contribution in [0.5, 0.6) is 0 Å². The van der Waals surface area contributed by atoms with Crippen LogP contribution in [0.4, 0.5) is 10.5 Å². The number of urea groups is 1. The van der Waals surface area contributed by atoms with Gasteiger partial charge >= 0.3 is 6.03 Å². The molecule has 0 unspecified atom stereocenters. The summed E-state index contributed by atoms with van der Waals surface area (Å²) >= 11 is 0. The van der Waals surface area contributed by atoms with E-state index in [-0.39, 0.29) is 29.3 Å². The van der Waals surface area contributed by atoms with E-state index in [2.05, 4.69) is 10.6 Å². The van der Waals surface area contributed by atoms with Crippen LogP contribution in [-0.2, 0) is 17.8 Å². The predicted octanol–water partition coefficient (Wildman–Crippen LogP) is 3.54. The highest BCUT2D eigenvalue weighted by Gasteiger charge is 2.37. The first kappa shape index (κ1) is 22.9. The van der Waals surface area contributed by atoms with Crippen LogP contribution < -0.4 is 16.2 Å². The normalized spacial score (nSPS) is 19.4. The molecule has 0 radical (unpaired) electrons. The number of piperidine rings is 1. The number of aryl methyl sites for hydroxylation is 1. The van der Waals surface area contributed by atoms with Crippen LogP contribution in [0.15, 0.2) is 77.6 Å². The molecule has 1 aromatic heterocycles. The van der Waals surface area contributed by atoms with E-state index in [1.165, 1.54) is 0 Å². The summed E-state index contributed by atoms with van der Waals surface area (Å²) in [5, 5.41) is 5.96. The van der Waals surface area contributed by atoms with Gasteiger partial charge in [-0.3, -0.25) is 9.59 Å². The highest BCUT2D eigenvalue weighted by molar-refractivity contribution is 5.97. The lowest BCUT2D eigenvalue weighted by Gasteiger charge is -2.43. The second kappa shape index (κ2) is 9.78. The maximum absolute atomic E-state index is 13.4. The largest absolute Gasteiger partial charge is 0.326 e. The number of hydrogen-bond donors (Lipinski definition) is 2. The molecule has 0 spiro atoms. The number of carbonyl (C=O) groups excluding carboxylic acids is 2. The molecule has 7 heteroatoms. The fourth-order valence-electron chi connectivity index (χ4n) is 5.31. The quantitative estimate of drug-likeness (QED) is 0.598. The molecule has 3 atom stereocenters. The Morgan fingerprint density at radius 3 is 2.57 bits per heavy atom. The number of hydrogen-bond acceptors (Lipinski definition) is 3. The van der Waals surface area contributed by atoms with Crippen molar-refractivity contribution >= 4 is 17.6 Å². The van der Waals surface area contributed by atoms with E-state index in [4.69, 9.17) is 0 Å². The zero-order valence-corrected chi connectivity index (χ0v) is 19.8. The molecule has 0 saturated carbocycles. The average Bonchev–Trinajstić information content (AvgIpc) is 2.85. The molecule has 0 aliphatic carbocycles. The van der Waals surface area contributed by atoms with Crippen LogP contribution in [0, 0.1) is 12.8 Å². The average molecular weight is 471 g/mol. The van der Waals surface area contributed by atoms with E-state index < -0.39 is 6.04 Å². The topological polar surface area (TPSA) is 83.4 Å². The van der Waals surface area contributed by atoms with E-state index in [9.17, 15) is 14.4 Å². The minimum Gasteiger partial charge on any atom is -0.326 e. The maximum Gasteiger partial charge on any atom is 0.318 e. The van der Waals surface area contributed by atoms with Gasteiger partial charge in [-0.05, 0) is 48.6 Å². The van der Waals surface area contributed by atoms with Crippen molar-refractivity contribution in [1.82, 2.24) is 14.8 Å². The molecule has 1 fully saturated rings. The standard InChI is InChI=1S/C28H30N4O3/c1-19-7-5-10-23(13-19)29-27(34)24(15-20-8-3-2-4-9-20)30-28(35)31-16-21-14-22(18-31)25-11-6-12-26(33)32(25)17-21/h2-13,21-22,24H,14-18H2,1H3,(H,29,34)(H,30,35)/t21-,22-,24-/m0/s1. The highest BCUT2D eigenvalue weighted by atomic mass is 16.2. The highest BCUT2D eigenvalue weighted by Crippen LogP contribution is 2.34. The Morgan fingerprint density at radius 1 is 0.971 bits per heavy atom. The molecule has 2 aliphatic rings. The summed E-state index contributed by atoms with van der Waals surface area (Å²) in [7, 11) is 0. The Bertz CT molecular complexity index is 1290. The van der Waals surface area contributed by atoms with Crippen molar-refractivity contribution in [3.05, 3.63) is 100.0 Å². The number of benzene rings is 2. The van der Waals surface area contributed by atoms with Crippen molar-refractivity contribution in [2.75, 3.05) is 18.4 Å². The van der Waals surface area contributed by atoms with Gasteiger partial charge in [0, 0.05) is 49.4 Å². The van der Waals surface area contributed by atoms with Gasteiger partial charge in [0.2, 0.25) is 5.91 Å². The summed E-state index contributed by atoms with van der Waals surface area (Å²) in [5.41, 5.74) is 3.73. The van der Waals surface area contributed by atoms with Crippen LogP contribution in [0.25, 0.3) is 0 Å². The summed E-state index contributed by atoms with van der Waals surface area (Å²) in [6.45, 7) is 3.69. The fraction of sp³-hybridized carbons (Fsp3) is 0.321. The summed E-state index contributed by atoms with van der Waals surface area (Å²) in [6, 6.07) is 21.7. The third kappa shape index (κ3) is 5.14. The first-order valence-electron chi connectivity index (χ1n) is 12.1. The molecule has 2 N–H and O–H groups in total. The molecule has 3 aromatic rings. The van der Waals surface area contributed by atoms with Gasteiger partial charge in [0.15, 0.2) is 0 Å². The van der Waals surface area contributed by atoms with Crippen molar-refractivity contribution in [2.45, 2.75) is 38.3 Å². The minimum absolute atomic E-state index is 0.0193. The predicted molar refractivity (Wildman–Crippen MR) is 135 cm³/mol. The minimum atomic E-state index is -0.720. The molecule has 2 aliphatic heterocycles. The number of nitrogens with one attached hydrogen (secondary N) is 2. The van der Waals surface area contributed by atoms with Gasteiger partial charge in [-0.2, -0.15) is 0 Å². The van der Waals surface area contributed by atoms with E-state index in [0.29, 0.717) is 31.7 Å². The second-order valence-electron chi connectivity index (χ2n) is 9.65. The Balaban J connectivity index is 1.32. The molecule has 180 valence electrons. The first-order chi connectivity index (χ1) is 17.0. The van der Waals surface area contributed by atoms with Crippen LogP contribution in [0.2, 0.25) is 0 Å². The number of nitrogens with zero attached hydrogens (tertiary/aromatic N) is 2. The first-order valence-corrected chi connectivity index (χ1v) is 12.1. The maximum atomic E-state index is 13.4. The Morgan fingerprint density at radius 2 is 1.77 bits per heavy atom. The number of rotatable bonds is 5. The number of carbonyl (C=O) groups is 2. The van der Waals surface area contributed by atoms with Gasteiger partial charge in [0.25, 0.3) is 5.56 Å². The molecule has 2 aromatic carbocycles. The van der Waals surface area contributed by atoms with Crippen molar-refractivity contribution < 1.29 is 9.59 Å². The number of pyridine rings is 1. The molecule has 5 rings (SSSR count). The third-order valence-electron chi connectivity index (χ3n) is 6.95. The van der Waals surface area contributed by atoms with Crippen molar-refractivity contribution in [1.29, 1.82) is 0 Å². The monoisotopic (exact) mass is 470 g/mol. The molecule has 3 amide bonds. The Labute approximate surface area is 204 Å². The van der Waals surface area contributed by atoms with Crippen LogP contribution in [0.3, 0.4) is 0 Å². The second-order valence-corrected chi connectivity index (χ2v) is 9.65. The molecule has 3 heterocycles. The van der Waals surface area contributed by atoms with Gasteiger partial charge in [-0.1, -0.05) is 48.5 Å². The van der Waals surface area contributed by atoms with Gasteiger partial charge < -0.3 is 20.1 Å². The van der Waals surface area contributed by atoms with Gasteiger partial charge in [0.1, 0.15) is 6.04 Å². The third-order valence-corrected chi connectivity index (χ3v) is 6.95. The van der Waals surface area contributed by atoms with E-state index in [0.717, 1.165) is 23.2 Å². The molecule has 2 bridgehead atoms. The molecular formula is C28H30N4O3. The van der Waals surface area contributed by atoms with Crippen LogP contribution in [-0.4, -0.2) is 40.5 Å². The zero-order valence-electron chi connectivity index (χ0n) is 19.8. The number of amides is 3.